The Morgan fingerprint density at radius 1 is 0.968 bits per heavy atom. The van der Waals surface area contributed by atoms with Crippen LogP contribution in [0.25, 0.3) is 22.8 Å². The molecule has 0 unspecified atom stereocenters. The van der Waals surface area contributed by atoms with Gasteiger partial charge < -0.3 is 19.2 Å². The van der Waals surface area contributed by atoms with E-state index in [4.69, 9.17) is 13.9 Å². The number of carbonyl (C=O) groups is 1. The second kappa shape index (κ2) is 9.17. The van der Waals surface area contributed by atoms with Crippen LogP contribution in [0.15, 0.2) is 83.4 Å². The van der Waals surface area contributed by atoms with Crippen LogP contribution in [0.1, 0.15) is 17.3 Å². The minimum absolute atomic E-state index is 0.246. The van der Waals surface area contributed by atoms with Crippen molar-refractivity contribution in [3.8, 4) is 34.3 Å². The molecule has 0 saturated carbocycles. The Hall–Kier alpha value is -4.06. The number of methoxy groups -OCH3 is 1. The molecule has 31 heavy (non-hydrogen) atoms. The van der Waals surface area contributed by atoms with E-state index in [1.807, 2.05) is 61.5 Å². The molecular formula is C25H22N2O4. The lowest BCUT2D eigenvalue weighted by Crippen LogP contribution is -2.13. The Labute approximate surface area is 180 Å². The first kappa shape index (κ1) is 20.2. The zero-order valence-electron chi connectivity index (χ0n) is 17.3. The molecule has 0 aliphatic heterocycles. The standard InChI is InChI=1S/C25H22N2O4/c1-3-30-20-14-10-18(11-15-20)27-24(28)21-6-4-5-7-22(21)25-26-16-23(31-25)17-8-12-19(29-2)13-9-17/h4-16H,3H2,1-2H3,(H,27,28). The predicted octanol–water partition coefficient (Wildman–Crippen LogP) is 5.67. The van der Waals surface area contributed by atoms with Crippen molar-refractivity contribution in [3.63, 3.8) is 0 Å². The number of nitrogens with one attached hydrogen (secondary N) is 1. The van der Waals surface area contributed by atoms with Gasteiger partial charge in [-0.1, -0.05) is 12.1 Å². The summed E-state index contributed by atoms with van der Waals surface area (Å²) in [7, 11) is 1.62. The average molecular weight is 414 g/mol. The van der Waals surface area contributed by atoms with E-state index in [0.29, 0.717) is 35.1 Å². The van der Waals surface area contributed by atoms with E-state index >= 15 is 0 Å². The van der Waals surface area contributed by atoms with Gasteiger partial charge in [0.1, 0.15) is 11.5 Å². The van der Waals surface area contributed by atoms with E-state index in [1.54, 1.807) is 31.5 Å². The van der Waals surface area contributed by atoms with Gasteiger partial charge in [-0.15, -0.1) is 0 Å². The van der Waals surface area contributed by atoms with E-state index in [0.717, 1.165) is 17.1 Å². The van der Waals surface area contributed by atoms with Crippen molar-refractivity contribution in [2.45, 2.75) is 6.92 Å². The summed E-state index contributed by atoms with van der Waals surface area (Å²) < 4.78 is 16.6. The lowest BCUT2D eigenvalue weighted by molar-refractivity contribution is 0.102. The molecule has 0 fully saturated rings. The SMILES string of the molecule is CCOc1ccc(NC(=O)c2ccccc2-c2ncc(-c3ccc(OC)cc3)o2)cc1. The maximum atomic E-state index is 12.9. The Morgan fingerprint density at radius 3 is 2.39 bits per heavy atom. The molecule has 4 aromatic rings. The first-order valence-electron chi connectivity index (χ1n) is 9.92. The van der Waals surface area contributed by atoms with Crippen molar-refractivity contribution >= 4 is 11.6 Å². The molecule has 4 rings (SSSR count). The van der Waals surface area contributed by atoms with Crippen LogP contribution in [-0.2, 0) is 0 Å². The van der Waals surface area contributed by atoms with Crippen LogP contribution in [0.3, 0.4) is 0 Å². The lowest BCUT2D eigenvalue weighted by Gasteiger charge is -2.09. The van der Waals surface area contributed by atoms with E-state index in [2.05, 4.69) is 10.3 Å². The molecule has 156 valence electrons. The third-order valence-electron chi connectivity index (χ3n) is 4.71. The molecule has 1 amide bonds. The van der Waals surface area contributed by atoms with Gasteiger partial charge in [0.05, 0.1) is 25.5 Å². The molecule has 3 aromatic carbocycles. The number of benzene rings is 3. The molecule has 6 heteroatoms. The molecule has 1 N–H and O–H groups in total. The van der Waals surface area contributed by atoms with Crippen LogP contribution < -0.4 is 14.8 Å². The number of ether oxygens (including phenoxy) is 2. The smallest absolute Gasteiger partial charge is 0.256 e. The minimum Gasteiger partial charge on any atom is -0.497 e. The lowest BCUT2D eigenvalue weighted by atomic mass is 10.1. The third-order valence-corrected chi connectivity index (χ3v) is 4.71. The van der Waals surface area contributed by atoms with E-state index in [1.165, 1.54) is 0 Å². The minimum atomic E-state index is -0.246. The number of hydrogen-bond donors (Lipinski definition) is 1. The number of anilines is 1. The molecule has 0 radical (unpaired) electrons. The van der Waals surface area contributed by atoms with Gasteiger partial charge in [0.15, 0.2) is 5.76 Å². The molecule has 0 bridgehead atoms. The fourth-order valence-electron chi connectivity index (χ4n) is 3.15. The van der Waals surface area contributed by atoms with Crippen molar-refractivity contribution in [2.75, 3.05) is 19.0 Å². The number of hydrogen-bond acceptors (Lipinski definition) is 5. The number of carbonyl (C=O) groups excluding carboxylic acids is 1. The quantitative estimate of drug-likeness (QED) is 0.422. The zero-order valence-corrected chi connectivity index (χ0v) is 17.3. The molecular weight excluding hydrogens is 392 g/mol. The highest BCUT2D eigenvalue weighted by molar-refractivity contribution is 6.08. The van der Waals surface area contributed by atoms with Gasteiger partial charge in [-0.3, -0.25) is 4.79 Å². The fraction of sp³-hybridized carbons (Fsp3) is 0.120. The predicted molar refractivity (Wildman–Crippen MR) is 119 cm³/mol. The van der Waals surface area contributed by atoms with Gasteiger partial charge in [0, 0.05) is 16.8 Å². The number of rotatable bonds is 7. The normalized spacial score (nSPS) is 10.5. The Kier molecular flexibility index (Phi) is 5.98. The van der Waals surface area contributed by atoms with E-state index in [-0.39, 0.29) is 5.91 Å². The fourth-order valence-corrected chi connectivity index (χ4v) is 3.15. The van der Waals surface area contributed by atoms with Crippen molar-refractivity contribution in [3.05, 3.63) is 84.6 Å². The van der Waals surface area contributed by atoms with Gasteiger partial charge in [0.25, 0.3) is 5.91 Å². The highest BCUT2D eigenvalue weighted by atomic mass is 16.5. The second-order valence-electron chi connectivity index (χ2n) is 6.72. The first-order valence-corrected chi connectivity index (χ1v) is 9.92. The van der Waals surface area contributed by atoms with Crippen LogP contribution in [-0.4, -0.2) is 24.6 Å². The summed E-state index contributed by atoms with van der Waals surface area (Å²) in [6.07, 6.45) is 1.65. The van der Waals surface area contributed by atoms with Crippen LogP contribution in [0.5, 0.6) is 11.5 Å². The van der Waals surface area contributed by atoms with Gasteiger partial charge >= 0.3 is 0 Å². The van der Waals surface area contributed by atoms with E-state index in [9.17, 15) is 4.79 Å². The summed E-state index contributed by atoms with van der Waals surface area (Å²) in [5.41, 5.74) is 2.63. The van der Waals surface area contributed by atoms with Crippen LogP contribution in [0.2, 0.25) is 0 Å². The largest absolute Gasteiger partial charge is 0.497 e. The maximum absolute atomic E-state index is 12.9. The van der Waals surface area contributed by atoms with Crippen LogP contribution >= 0.6 is 0 Å². The molecule has 0 aliphatic rings. The highest BCUT2D eigenvalue weighted by Crippen LogP contribution is 2.29. The molecule has 0 atom stereocenters. The number of oxazole rings is 1. The summed E-state index contributed by atoms with van der Waals surface area (Å²) in [4.78, 5) is 17.3. The first-order chi connectivity index (χ1) is 15.2. The Balaban J connectivity index is 1.57. The Morgan fingerprint density at radius 2 is 1.68 bits per heavy atom. The van der Waals surface area contributed by atoms with Gasteiger partial charge in [-0.2, -0.15) is 0 Å². The highest BCUT2D eigenvalue weighted by Gasteiger charge is 2.17. The number of amides is 1. The van der Waals surface area contributed by atoms with Gasteiger partial charge in [-0.05, 0) is 67.6 Å². The van der Waals surface area contributed by atoms with Gasteiger partial charge in [-0.25, -0.2) is 4.98 Å². The van der Waals surface area contributed by atoms with Crippen LogP contribution in [0.4, 0.5) is 5.69 Å². The maximum Gasteiger partial charge on any atom is 0.256 e. The van der Waals surface area contributed by atoms with Gasteiger partial charge in [0.2, 0.25) is 5.89 Å². The summed E-state index contributed by atoms with van der Waals surface area (Å²) in [6.45, 7) is 2.52. The molecule has 0 aliphatic carbocycles. The summed E-state index contributed by atoms with van der Waals surface area (Å²) >= 11 is 0. The van der Waals surface area contributed by atoms with Crippen molar-refractivity contribution in [2.24, 2.45) is 0 Å². The number of aromatic nitrogens is 1. The van der Waals surface area contributed by atoms with E-state index < -0.39 is 0 Å². The molecule has 0 saturated heterocycles. The summed E-state index contributed by atoms with van der Waals surface area (Å²) in [5, 5.41) is 2.91. The molecule has 0 spiro atoms. The summed E-state index contributed by atoms with van der Waals surface area (Å²) in [6, 6.07) is 22.0. The third kappa shape index (κ3) is 4.59. The van der Waals surface area contributed by atoms with Crippen molar-refractivity contribution < 1.29 is 18.7 Å². The molecule has 1 aromatic heterocycles. The van der Waals surface area contributed by atoms with Crippen LogP contribution in [0, 0.1) is 0 Å². The summed E-state index contributed by atoms with van der Waals surface area (Å²) in [5.74, 6) is 2.26. The topological polar surface area (TPSA) is 73.6 Å². The van der Waals surface area contributed by atoms with Crippen molar-refractivity contribution in [1.29, 1.82) is 0 Å². The second-order valence-corrected chi connectivity index (χ2v) is 6.72. The molecule has 6 nitrogen and oxygen atoms in total. The number of nitrogens with zero attached hydrogens (tertiary/aromatic N) is 1. The zero-order chi connectivity index (χ0) is 21.6. The Bertz CT molecular complexity index is 1160. The average Bonchev–Trinajstić information content (AvgIpc) is 3.31. The van der Waals surface area contributed by atoms with Crippen molar-refractivity contribution in [1.82, 2.24) is 4.98 Å². The monoisotopic (exact) mass is 414 g/mol. The molecule has 1 heterocycles.